The number of carbonyl (C=O) groups excluding carboxylic acids is 1. The Balaban J connectivity index is 1.60. The van der Waals surface area contributed by atoms with Crippen LogP contribution in [0.15, 0.2) is 29.6 Å². The average molecular weight is 319 g/mol. The van der Waals surface area contributed by atoms with E-state index in [1.54, 1.807) is 17.5 Å². The molecule has 22 heavy (non-hydrogen) atoms. The molecular formula is C16H18FN3OS. The first-order valence-corrected chi connectivity index (χ1v) is 8.29. The molecule has 2 N–H and O–H groups in total. The van der Waals surface area contributed by atoms with Gasteiger partial charge in [-0.15, -0.1) is 11.3 Å². The van der Waals surface area contributed by atoms with Crippen LogP contribution in [0.25, 0.3) is 0 Å². The third kappa shape index (κ3) is 3.90. The van der Waals surface area contributed by atoms with E-state index in [1.165, 1.54) is 23.5 Å². The summed E-state index contributed by atoms with van der Waals surface area (Å²) < 4.78 is 12.9. The van der Waals surface area contributed by atoms with Crippen molar-refractivity contribution in [3.63, 3.8) is 0 Å². The number of halogens is 1. The van der Waals surface area contributed by atoms with Crippen molar-refractivity contribution in [2.45, 2.75) is 25.3 Å². The van der Waals surface area contributed by atoms with Crippen LogP contribution in [0.5, 0.6) is 0 Å². The lowest BCUT2D eigenvalue weighted by atomic mass is 10.1. The predicted molar refractivity (Wildman–Crippen MR) is 84.7 cm³/mol. The topological polar surface area (TPSA) is 54.0 Å². The van der Waals surface area contributed by atoms with Crippen molar-refractivity contribution in [3.05, 3.63) is 51.7 Å². The second kappa shape index (κ2) is 6.98. The molecule has 1 aromatic heterocycles. The predicted octanol–water partition coefficient (Wildman–Crippen LogP) is 2.35. The lowest BCUT2D eigenvalue weighted by Crippen LogP contribution is -2.42. The molecule has 1 amide bonds. The molecule has 0 radical (unpaired) electrons. The molecule has 1 aliphatic heterocycles. The van der Waals surface area contributed by atoms with E-state index in [2.05, 4.69) is 15.6 Å². The molecular weight excluding hydrogens is 301 g/mol. The molecule has 0 spiro atoms. The lowest BCUT2D eigenvalue weighted by molar-refractivity contribution is 0.0925. The van der Waals surface area contributed by atoms with E-state index in [1.807, 2.05) is 0 Å². The fraction of sp³-hybridized carbons (Fsp3) is 0.375. The van der Waals surface area contributed by atoms with Crippen LogP contribution in [-0.4, -0.2) is 30.0 Å². The van der Waals surface area contributed by atoms with E-state index < -0.39 is 0 Å². The van der Waals surface area contributed by atoms with Crippen LogP contribution in [0.3, 0.4) is 0 Å². The Morgan fingerprint density at radius 1 is 1.32 bits per heavy atom. The van der Waals surface area contributed by atoms with Gasteiger partial charge >= 0.3 is 0 Å². The van der Waals surface area contributed by atoms with Crippen molar-refractivity contribution in [1.29, 1.82) is 0 Å². The number of nitrogens with zero attached hydrogens (tertiary/aromatic N) is 1. The molecule has 0 unspecified atom stereocenters. The number of benzene rings is 1. The van der Waals surface area contributed by atoms with E-state index in [-0.39, 0.29) is 17.8 Å². The van der Waals surface area contributed by atoms with Crippen LogP contribution in [0.4, 0.5) is 4.39 Å². The van der Waals surface area contributed by atoms with Gasteiger partial charge < -0.3 is 10.6 Å². The molecule has 4 nitrogen and oxygen atoms in total. The number of amides is 1. The van der Waals surface area contributed by atoms with E-state index in [0.717, 1.165) is 36.5 Å². The van der Waals surface area contributed by atoms with Gasteiger partial charge in [0.2, 0.25) is 0 Å². The number of nitrogens with one attached hydrogen (secondary N) is 2. The Labute approximate surface area is 132 Å². The number of rotatable bonds is 4. The number of piperidine rings is 1. The zero-order chi connectivity index (χ0) is 15.4. The zero-order valence-corrected chi connectivity index (χ0v) is 13.0. The zero-order valence-electron chi connectivity index (χ0n) is 12.1. The summed E-state index contributed by atoms with van der Waals surface area (Å²) in [4.78, 5) is 16.6. The van der Waals surface area contributed by atoms with Gasteiger partial charge in [-0.05, 0) is 43.6 Å². The molecule has 2 aromatic rings. The molecule has 1 fully saturated rings. The average Bonchev–Trinajstić information content (AvgIpc) is 2.99. The van der Waals surface area contributed by atoms with Gasteiger partial charge in [0.05, 0.1) is 5.01 Å². The molecule has 2 heterocycles. The smallest absolute Gasteiger partial charge is 0.270 e. The van der Waals surface area contributed by atoms with Crippen molar-refractivity contribution in [2.75, 3.05) is 13.1 Å². The first kappa shape index (κ1) is 15.1. The highest BCUT2D eigenvalue weighted by atomic mass is 32.1. The number of thiazole rings is 1. The van der Waals surface area contributed by atoms with Crippen LogP contribution in [0, 0.1) is 5.82 Å². The highest BCUT2D eigenvalue weighted by Gasteiger charge is 2.18. The lowest BCUT2D eigenvalue weighted by Gasteiger charge is -2.23. The fourth-order valence-electron chi connectivity index (χ4n) is 2.50. The van der Waals surface area contributed by atoms with Gasteiger partial charge in [-0.25, -0.2) is 9.37 Å². The minimum absolute atomic E-state index is 0.103. The maximum atomic E-state index is 12.9. The molecule has 1 saturated heterocycles. The van der Waals surface area contributed by atoms with Crippen molar-refractivity contribution in [3.8, 4) is 0 Å². The van der Waals surface area contributed by atoms with Crippen molar-refractivity contribution in [2.24, 2.45) is 0 Å². The summed E-state index contributed by atoms with van der Waals surface area (Å²) in [5, 5.41) is 8.96. The van der Waals surface area contributed by atoms with Gasteiger partial charge in [0, 0.05) is 17.8 Å². The SMILES string of the molecule is O=C(NC1CCNCC1)c1csc(Cc2ccc(F)cc2)n1. The molecule has 3 rings (SSSR count). The summed E-state index contributed by atoms with van der Waals surface area (Å²) in [5.74, 6) is -0.349. The minimum atomic E-state index is -0.245. The van der Waals surface area contributed by atoms with E-state index in [4.69, 9.17) is 0 Å². The Hall–Kier alpha value is -1.79. The Morgan fingerprint density at radius 2 is 2.05 bits per heavy atom. The number of aromatic nitrogens is 1. The fourth-order valence-corrected chi connectivity index (χ4v) is 3.31. The van der Waals surface area contributed by atoms with Crippen LogP contribution in [0.2, 0.25) is 0 Å². The van der Waals surface area contributed by atoms with Gasteiger partial charge in [-0.1, -0.05) is 12.1 Å². The molecule has 1 aromatic carbocycles. The molecule has 0 aliphatic carbocycles. The second-order valence-corrected chi connectivity index (χ2v) is 6.37. The van der Waals surface area contributed by atoms with E-state index >= 15 is 0 Å². The summed E-state index contributed by atoms with van der Waals surface area (Å²) in [6.45, 7) is 1.88. The number of hydrogen-bond acceptors (Lipinski definition) is 4. The summed E-state index contributed by atoms with van der Waals surface area (Å²) in [6.07, 6.45) is 2.53. The molecule has 6 heteroatoms. The summed E-state index contributed by atoms with van der Waals surface area (Å²) in [5.41, 5.74) is 1.46. The normalized spacial score (nSPS) is 15.7. The van der Waals surface area contributed by atoms with Gasteiger partial charge in [-0.2, -0.15) is 0 Å². The van der Waals surface area contributed by atoms with Crippen LogP contribution in [0.1, 0.15) is 33.9 Å². The second-order valence-electron chi connectivity index (χ2n) is 5.43. The van der Waals surface area contributed by atoms with Crippen molar-refractivity contribution < 1.29 is 9.18 Å². The van der Waals surface area contributed by atoms with Gasteiger partial charge in [-0.3, -0.25) is 4.79 Å². The van der Waals surface area contributed by atoms with Crippen LogP contribution < -0.4 is 10.6 Å². The van der Waals surface area contributed by atoms with Gasteiger partial charge in [0.25, 0.3) is 5.91 Å². The quantitative estimate of drug-likeness (QED) is 0.909. The Morgan fingerprint density at radius 3 is 2.77 bits per heavy atom. The molecule has 0 saturated carbocycles. The van der Waals surface area contributed by atoms with E-state index in [0.29, 0.717) is 12.1 Å². The number of hydrogen-bond donors (Lipinski definition) is 2. The Bertz CT molecular complexity index is 635. The van der Waals surface area contributed by atoms with Gasteiger partial charge in [0.1, 0.15) is 11.5 Å². The first-order chi connectivity index (χ1) is 10.7. The highest BCUT2D eigenvalue weighted by molar-refractivity contribution is 7.09. The van der Waals surface area contributed by atoms with Crippen LogP contribution >= 0.6 is 11.3 Å². The van der Waals surface area contributed by atoms with Crippen molar-refractivity contribution in [1.82, 2.24) is 15.6 Å². The summed E-state index contributed by atoms with van der Waals surface area (Å²) in [7, 11) is 0. The number of carbonyl (C=O) groups is 1. The largest absolute Gasteiger partial charge is 0.348 e. The molecule has 0 bridgehead atoms. The standard InChI is InChI=1S/C16H18FN3OS/c17-12-3-1-11(2-4-12)9-15-20-14(10-22-15)16(21)19-13-5-7-18-8-6-13/h1-4,10,13,18H,5-9H2,(H,19,21). The summed E-state index contributed by atoms with van der Waals surface area (Å²) >= 11 is 1.46. The highest BCUT2D eigenvalue weighted by Crippen LogP contribution is 2.16. The third-order valence-corrected chi connectivity index (χ3v) is 4.58. The van der Waals surface area contributed by atoms with E-state index in [9.17, 15) is 9.18 Å². The third-order valence-electron chi connectivity index (χ3n) is 3.73. The minimum Gasteiger partial charge on any atom is -0.348 e. The summed E-state index contributed by atoms with van der Waals surface area (Å²) in [6, 6.07) is 6.59. The van der Waals surface area contributed by atoms with Crippen molar-refractivity contribution >= 4 is 17.2 Å². The Kier molecular flexibility index (Phi) is 4.80. The molecule has 1 aliphatic rings. The maximum absolute atomic E-state index is 12.9. The monoisotopic (exact) mass is 319 g/mol. The first-order valence-electron chi connectivity index (χ1n) is 7.41. The molecule has 116 valence electrons. The molecule has 0 atom stereocenters. The van der Waals surface area contributed by atoms with Crippen LogP contribution in [-0.2, 0) is 6.42 Å². The van der Waals surface area contributed by atoms with Gasteiger partial charge in [0.15, 0.2) is 0 Å². The maximum Gasteiger partial charge on any atom is 0.270 e.